The van der Waals surface area contributed by atoms with Gasteiger partial charge in [0.25, 0.3) is 0 Å². The van der Waals surface area contributed by atoms with Crippen LogP contribution < -0.4 is 9.47 Å². The molecule has 0 spiro atoms. The fourth-order valence-electron chi connectivity index (χ4n) is 2.02. The number of ketones is 1. The molecule has 25 heavy (non-hydrogen) atoms. The molecular weight excluding hydrogens is 388 g/mol. The number of hydrogen-bond acceptors (Lipinski definition) is 4. The Kier molecular flexibility index (Phi) is 6.77. The van der Waals surface area contributed by atoms with Gasteiger partial charge in [0.1, 0.15) is 11.5 Å². The highest BCUT2D eigenvalue weighted by atomic mass is 79.9. The van der Waals surface area contributed by atoms with Crippen LogP contribution in [0.2, 0.25) is 0 Å². The van der Waals surface area contributed by atoms with Crippen LogP contribution in [0.5, 0.6) is 11.5 Å². The number of benzene rings is 2. The molecule has 0 radical (unpaired) electrons. The molecule has 2 rings (SSSR count). The van der Waals surface area contributed by atoms with Crippen molar-refractivity contribution in [2.75, 3.05) is 13.7 Å². The van der Waals surface area contributed by atoms with Crippen molar-refractivity contribution in [3.05, 3.63) is 64.1 Å². The van der Waals surface area contributed by atoms with Crippen LogP contribution in [-0.2, 0) is 4.79 Å². The lowest BCUT2D eigenvalue weighted by Crippen LogP contribution is -2.04. The van der Waals surface area contributed by atoms with Crippen molar-refractivity contribution >= 4 is 33.8 Å². The second-order valence-electron chi connectivity index (χ2n) is 5.11. The highest BCUT2D eigenvalue weighted by Crippen LogP contribution is 2.26. The Labute approximate surface area is 154 Å². The maximum absolute atomic E-state index is 12.2. The van der Waals surface area contributed by atoms with Gasteiger partial charge >= 0.3 is 5.97 Å². The first-order chi connectivity index (χ1) is 12.0. The molecule has 6 heteroatoms. The van der Waals surface area contributed by atoms with Crippen LogP contribution in [0.4, 0.5) is 0 Å². The first-order valence-corrected chi connectivity index (χ1v) is 8.29. The summed E-state index contributed by atoms with van der Waals surface area (Å²) in [5, 5.41) is 8.57. The minimum Gasteiger partial charge on any atom is -0.496 e. The molecule has 0 amide bonds. The second kappa shape index (κ2) is 9.03. The molecule has 2 aromatic carbocycles. The van der Waals surface area contributed by atoms with Crippen LogP contribution in [0.1, 0.15) is 22.3 Å². The van der Waals surface area contributed by atoms with Gasteiger partial charge in [-0.3, -0.25) is 9.59 Å². The maximum atomic E-state index is 12.2. The summed E-state index contributed by atoms with van der Waals surface area (Å²) >= 11 is 3.36. The lowest BCUT2D eigenvalue weighted by Gasteiger charge is -2.05. The first kappa shape index (κ1) is 18.7. The lowest BCUT2D eigenvalue weighted by molar-refractivity contribution is -0.137. The average molecular weight is 405 g/mol. The number of methoxy groups -OCH3 is 1. The van der Waals surface area contributed by atoms with E-state index in [1.807, 2.05) is 0 Å². The number of carbonyl (C=O) groups is 2. The van der Waals surface area contributed by atoms with E-state index in [-0.39, 0.29) is 18.8 Å². The quantitative estimate of drug-likeness (QED) is 0.526. The van der Waals surface area contributed by atoms with Crippen molar-refractivity contribution in [1.29, 1.82) is 0 Å². The molecule has 130 valence electrons. The van der Waals surface area contributed by atoms with E-state index in [0.29, 0.717) is 17.1 Å². The predicted octanol–water partition coefficient (Wildman–Crippen LogP) is 4.21. The van der Waals surface area contributed by atoms with E-state index in [0.717, 1.165) is 10.0 Å². The van der Waals surface area contributed by atoms with Crippen molar-refractivity contribution in [2.45, 2.75) is 6.42 Å². The minimum absolute atomic E-state index is 0.0480. The zero-order chi connectivity index (χ0) is 18.2. The van der Waals surface area contributed by atoms with Crippen molar-refractivity contribution < 1.29 is 24.2 Å². The Balaban J connectivity index is 1.97. The van der Waals surface area contributed by atoms with E-state index in [4.69, 9.17) is 14.6 Å². The molecule has 0 aromatic heterocycles. The number of carboxylic acids is 1. The summed E-state index contributed by atoms with van der Waals surface area (Å²) in [6.45, 7) is 0.120. The molecule has 0 saturated heterocycles. The topological polar surface area (TPSA) is 72.8 Å². The molecule has 0 aliphatic carbocycles. The zero-order valence-corrected chi connectivity index (χ0v) is 15.2. The van der Waals surface area contributed by atoms with E-state index in [1.54, 1.807) is 55.7 Å². The Morgan fingerprint density at radius 1 is 1.16 bits per heavy atom. The molecule has 0 aliphatic heterocycles. The summed E-state index contributed by atoms with van der Waals surface area (Å²) in [6.07, 6.45) is 3.16. The maximum Gasteiger partial charge on any atom is 0.306 e. The van der Waals surface area contributed by atoms with E-state index in [2.05, 4.69) is 15.9 Å². The fraction of sp³-hybridized carbons (Fsp3) is 0.158. The predicted molar refractivity (Wildman–Crippen MR) is 98.2 cm³/mol. The smallest absolute Gasteiger partial charge is 0.306 e. The third-order valence-corrected chi connectivity index (χ3v) is 3.95. The molecule has 2 aromatic rings. The highest BCUT2D eigenvalue weighted by molar-refractivity contribution is 9.10. The summed E-state index contributed by atoms with van der Waals surface area (Å²) in [4.78, 5) is 22.6. The van der Waals surface area contributed by atoms with Crippen LogP contribution >= 0.6 is 15.9 Å². The normalized spacial score (nSPS) is 10.6. The molecule has 0 saturated carbocycles. The Morgan fingerprint density at radius 2 is 1.88 bits per heavy atom. The third-order valence-electron chi connectivity index (χ3n) is 3.33. The standard InChI is InChI=1S/C19H17BrO5/c1-24-18-9-5-14(12-16(18)20)17(21)8-4-13-2-6-15(7-3-13)25-11-10-19(22)23/h2-9,12H,10-11H2,1H3,(H,22,23)/b8-4+. The van der Waals surface area contributed by atoms with Crippen LogP contribution in [0.25, 0.3) is 6.08 Å². The first-order valence-electron chi connectivity index (χ1n) is 7.50. The summed E-state index contributed by atoms with van der Waals surface area (Å²) < 4.78 is 11.2. The van der Waals surface area contributed by atoms with Crippen molar-refractivity contribution in [3.63, 3.8) is 0 Å². The van der Waals surface area contributed by atoms with Gasteiger partial charge in [-0.1, -0.05) is 18.2 Å². The van der Waals surface area contributed by atoms with Crippen LogP contribution in [0, 0.1) is 0 Å². The fourth-order valence-corrected chi connectivity index (χ4v) is 2.56. The van der Waals surface area contributed by atoms with Crippen molar-refractivity contribution in [2.24, 2.45) is 0 Å². The van der Waals surface area contributed by atoms with Gasteiger partial charge in [-0.25, -0.2) is 0 Å². The number of carboxylic acid groups (broad SMARTS) is 1. The number of carbonyl (C=O) groups excluding carboxylic acids is 1. The van der Waals surface area contributed by atoms with Gasteiger partial charge < -0.3 is 14.6 Å². The summed E-state index contributed by atoms with van der Waals surface area (Å²) in [7, 11) is 1.57. The number of ether oxygens (including phenoxy) is 2. The molecule has 0 unspecified atom stereocenters. The van der Waals surface area contributed by atoms with Gasteiger partial charge in [0.2, 0.25) is 0 Å². The lowest BCUT2D eigenvalue weighted by atomic mass is 10.1. The van der Waals surface area contributed by atoms with E-state index < -0.39 is 5.97 Å². The van der Waals surface area contributed by atoms with Crippen molar-refractivity contribution in [3.8, 4) is 11.5 Å². The zero-order valence-electron chi connectivity index (χ0n) is 13.6. The molecule has 0 heterocycles. The van der Waals surface area contributed by atoms with Gasteiger partial charge in [0.15, 0.2) is 5.78 Å². The van der Waals surface area contributed by atoms with Gasteiger partial charge in [0, 0.05) is 5.56 Å². The van der Waals surface area contributed by atoms with Gasteiger partial charge in [-0.15, -0.1) is 0 Å². The van der Waals surface area contributed by atoms with E-state index in [9.17, 15) is 9.59 Å². The van der Waals surface area contributed by atoms with Crippen LogP contribution in [-0.4, -0.2) is 30.6 Å². The Hall–Kier alpha value is -2.60. The number of hydrogen-bond donors (Lipinski definition) is 1. The summed E-state index contributed by atoms with van der Waals surface area (Å²) in [5.41, 5.74) is 1.39. The number of aliphatic carboxylic acids is 1. The summed E-state index contributed by atoms with van der Waals surface area (Å²) in [5.74, 6) is 0.233. The molecule has 1 N–H and O–H groups in total. The SMILES string of the molecule is COc1ccc(C(=O)/C=C/c2ccc(OCCC(=O)O)cc2)cc1Br. The number of rotatable bonds is 8. The molecular formula is C19H17BrO5. The molecule has 0 aliphatic rings. The van der Waals surface area contributed by atoms with Crippen molar-refractivity contribution in [1.82, 2.24) is 0 Å². The number of halogens is 1. The van der Waals surface area contributed by atoms with Gasteiger partial charge in [-0.05, 0) is 57.9 Å². The molecule has 0 fully saturated rings. The summed E-state index contributed by atoms with van der Waals surface area (Å²) in [6, 6.07) is 12.2. The monoisotopic (exact) mass is 404 g/mol. The molecule has 5 nitrogen and oxygen atoms in total. The van der Waals surface area contributed by atoms with Crippen LogP contribution in [0.15, 0.2) is 53.0 Å². The Morgan fingerprint density at radius 3 is 2.48 bits per heavy atom. The highest BCUT2D eigenvalue weighted by Gasteiger charge is 2.06. The largest absolute Gasteiger partial charge is 0.496 e. The second-order valence-corrected chi connectivity index (χ2v) is 5.96. The minimum atomic E-state index is -0.900. The van der Waals surface area contributed by atoms with E-state index >= 15 is 0 Å². The Bertz CT molecular complexity index is 781. The van der Waals surface area contributed by atoms with Crippen LogP contribution in [0.3, 0.4) is 0 Å². The van der Waals surface area contributed by atoms with Gasteiger partial charge in [0.05, 0.1) is 24.6 Å². The van der Waals surface area contributed by atoms with E-state index in [1.165, 1.54) is 6.08 Å². The number of allylic oxidation sites excluding steroid dienone is 1. The molecule has 0 atom stereocenters. The third kappa shape index (κ3) is 5.76. The average Bonchev–Trinajstić information content (AvgIpc) is 2.60. The molecule has 0 bridgehead atoms. The van der Waals surface area contributed by atoms with Gasteiger partial charge in [-0.2, -0.15) is 0 Å².